The number of rotatable bonds is 5. The van der Waals surface area contributed by atoms with Crippen molar-refractivity contribution >= 4 is 65.4 Å². The van der Waals surface area contributed by atoms with Crippen LogP contribution in [-0.4, -0.2) is 17.9 Å². The average molecular weight is 574 g/mol. The minimum Gasteiger partial charge on any atom is -0.479 e. The summed E-state index contributed by atoms with van der Waals surface area (Å²) in [5, 5.41) is 2.55. The molecule has 0 fully saturated rings. The van der Waals surface area contributed by atoms with Gasteiger partial charge < -0.3 is 9.15 Å². The van der Waals surface area contributed by atoms with Crippen LogP contribution in [0.15, 0.2) is 78.8 Å². The van der Waals surface area contributed by atoms with Crippen molar-refractivity contribution in [3.8, 4) is 5.75 Å². The van der Waals surface area contributed by atoms with Crippen LogP contribution in [0, 0.1) is 0 Å². The number of halogens is 2. The van der Waals surface area contributed by atoms with Crippen molar-refractivity contribution in [1.82, 2.24) is 10.9 Å². The predicted octanol–water partition coefficient (Wildman–Crippen LogP) is 5.09. The Bertz CT molecular complexity index is 1430. The lowest BCUT2D eigenvalue weighted by Crippen LogP contribution is -2.48. The van der Waals surface area contributed by atoms with Crippen LogP contribution >= 0.6 is 31.9 Å². The fraction of sp³-hybridized carbons (Fsp3) is 0.125. The smallest absolute Gasteiger partial charge is 0.349 e. The van der Waals surface area contributed by atoms with Gasteiger partial charge in [0.05, 0.1) is 4.47 Å². The standard InChI is InChI=1S/C24H18Br2N2O5/c1-2-18(32-20-9-7-13-5-3-4-6-16(13)21(20)26)23(30)28-27-22(29)17-12-14-11-15(25)8-10-19(14)33-24(17)31/h3-12,18H,2H2,1H3,(H,27,29)(H,28,30). The third kappa shape index (κ3) is 4.94. The van der Waals surface area contributed by atoms with Crippen molar-refractivity contribution in [2.45, 2.75) is 19.4 Å². The number of fused-ring (bicyclic) bond motifs is 2. The number of hydrazine groups is 1. The molecule has 1 heterocycles. The van der Waals surface area contributed by atoms with E-state index in [2.05, 4.69) is 42.7 Å². The zero-order valence-electron chi connectivity index (χ0n) is 17.4. The van der Waals surface area contributed by atoms with Gasteiger partial charge in [-0.3, -0.25) is 20.4 Å². The molecule has 2 N–H and O–H groups in total. The van der Waals surface area contributed by atoms with Gasteiger partial charge in [-0.2, -0.15) is 0 Å². The Morgan fingerprint density at radius 3 is 2.58 bits per heavy atom. The van der Waals surface area contributed by atoms with Crippen LogP contribution in [0.4, 0.5) is 0 Å². The fourth-order valence-electron chi connectivity index (χ4n) is 3.30. The molecule has 7 nitrogen and oxygen atoms in total. The molecule has 0 aliphatic carbocycles. The van der Waals surface area contributed by atoms with Crippen LogP contribution in [0.25, 0.3) is 21.7 Å². The first-order valence-corrected chi connectivity index (χ1v) is 11.6. The van der Waals surface area contributed by atoms with E-state index in [1.807, 2.05) is 30.3 Å². The zero-order valence-corrected chi connectivity index (χ0v) is 20.5. The normalized spacial score (nSPS) is 11.8. The minimum atomic E-state index is -0.869. The Labute approximate surface area is 205 Å². The van der Waals surface area contributed by atoms with Gasteiger partial charge in [-0.25, -0.2) is 4.79 Å². The molecular weight excluding hydrogens is 556 g/mol. The second-order valence-electron chi connectivity index (χ2n) is 7.19. The second-order valence-corrected chi connectivity index (χ2v) is 8.90. The molecule has 1 atom stereocenters. The third-order valence-electron chi connectivity index (χ3n) is 5.00. The van der Waals surface area contributed by atoms with Crippen molar-refractivity contribution in [3.63, 3.8) is 0 Å². The number of carbonyl (C=O) groups is 2. The average Bonchev–Trinajstić information content (AvgIpc) is 2.82. The molecule has 4 aromatic rings. The van der Waals surface area contributed by atoms with Gasteiger partial charge in [0.1, 0.15) is 16.9 Å². The molecule has 0 saturated carbocycles. The molecule has 0 saturated heterocycles. The first-order valence-electron chi connectivity index (χ1n) is 10.0. The summed E-state index contributed by atoms with van der Waals surface area (Å²) in [4.78, 5) is 37.4. The van der Waals surface area contributed by atoms with Gasteiger partial charge >= 0.3 is 5.63 Å². The quantitative estimate of drug-likeness (QED) is 0.256. The monoisotopic (exact) mass is 572 g/mol. The highest BCUT2D eigenvalue weighted by molar-refractivity contribution is 9.11. The molecule has 0 aliphatic heterocycles. The van der Waals surface area contributed by atoms with Crippen molar-refractivity contribution in [1.29, 1.82) is 0 Å². The molecule has 33 heavy (non-hydrogen) atoms. The first kappa shape index (κ1) is 23.0. The van der Waals surface area contributed by atoms with Crippen LogP contribution in [0.3, 0.4) is 0 Å². The summed E-state index contributed by atoms with van der Waals surface area (Å²) < 4.78 is 12.6. The highest BCUT2D eigenvalue weighted by atomic mass is 79.9. The molecule has 3 aromatic carbocycles. The molecule has 0 aliphatic rings. The SMILES string of the molecule is CCC(Oc1ccc2ccccc2c1Br)C(=O)NNC(=O)c1cc2cc(Br)ccc2oc1=O. The maximum atomic E-state index is 12.7. The maximum Gasteiger partial charge on any atom is 0.349 e. The number of ether oxygens (including phenoxy) is 1. The largest absolute Gasteiger partial charge is 0.479 e. The van der Waals surface area contributed by atoms with E-state index in [1.165, 1.54) is 6.07 Å². The summed E-state index contributed by atoms with van der Waals surface area (Å²) in [5.74, 6) is -0.845. The Morgan fingerprint density at radius 1 is 1.00 bits per heavy atom. The van der Waals surface area contributed by atoms with Crippen molar-refractivity contribution < 1.29 is 18.7 Å². The van der Waals surface area contributed by atoms with E-state index in [0.717, 1.165) is 19.7 Å². The molecule has 0 spiro atoms. The number of hydrogen-bond acceptors (Lipinski definition) is 5. The summed E-state index contributed by atoms with van der Waals surface area (Å²) >= 11 is 6.88. The number of hydrogen-bond donors (Lipinski definition) is 2. The van der Waals surface area contributed by atoms with Gasteiger partial charge in [0.2, 0.25) is 0 Å². The van der Waals surface area contributed by atoms with Crippen LogP contribution in [0.2, 0.25) is 0 Å². The lowest BCUT2D eigenvalue weighted by atomic mass is 10.1. The van der Waals surface area contributed by atoms with Gasteiger partial charge in [-0.05, 0) is 63.5 Å². The molecule has 168 valence electrons. The number of nitrogens with one attached hydrogen (secondary N) is 2. The molecule has 0 radical (unpaired) electrons. The summed E-state index contributed by atoms with van der Waals surface area (Å²) in [5.41, 5.74) is 3.90. The molecular formula is C24H18Br2N2O5. The van der Waals surface area contributed by atoms with E-state index in [1.54, 1.807) is 31.2 Å². The molecule has 0 bridgehead atoms. The van der Waals surface area contributed by atoms with E-state index in [0.29, 0.717) is 23.1 Å². The second kappa shape index (κ2) is 9.76. The van der Waals surface area contributed by atoms with Gasteiger partial charge in [-0.15, -0.1) is 0 Å². The van der Waals surface area contributed by atoms with E-state index in [-0.39, 0.29) is 5.56 Å². The molecule has 4 rings (SSSR count). The summed E-state index contributed by atoms with van der Waals surface area (Å²) in [7, 11) is 0. The van der Waals surface area contributed by atoms with E-state index in [4.69, 9.17) is 9.15 Å². The Kier molecular flexibility index (Phi) is 6.80. The van der Waals surface area contributed by atoms with Gasteiger partial charge in [0.25, 0.3) is 11.8 Å². The Balaban J connectivity index is 1.47. The van der Waals surface area contributed by atoms with E-state index < -0.39 is 23.5 Å². The van der Waals surface area contributed by atoms with Crippen LogP contribution < -0.4 is 21.2 Å². The number of benzene rings is 3. The van der Waals surface area contributed by atoms with Crippen molar-refractivity contribution in [2.24, 2.45) is 0 Å². The Hall–Kier alpha value is -3.17. The molecule has 1 aromatic heterocycles. The van der Waals surface area contributed by atoms with Crippen LogP contribution in [0.1, 0.15) is 23.7 Å². The van der Waals surface area contributed by atoms with Gasteiger partial charge in [0, 0.05) is 9.86 Å². The molecule has 9 heteroatoms. The van der Waals surface area contributed by atoms with Crippen molar-refractivity contribution in [3.05, 3.63) is 85.6 Å². The topological polar surface area (TPSA) is 97.6 Å². The van der Waals surface area contributed by atoms with E-state index >= 15 is 0 Å². The number of amides is 2. The fourth-order valence-corrected chi connectivity index (χ4v) is 4.26. The zero-order chi connectivity index (χ0) is 23.5. The van der Waals surface area contributed by atoms with Crippen LogP contribution in [0.5, 0.6) is 5.75 Å². The molecule has 2 amide bonds. The van der Waals surface area contributed by atoms with Crippen LogP contribution in [-0.2, 0) is 4.79 Å². The summed E-state index contributed by atoms with van der Waals surface area (Å²) in [6.07, 6.45) is -0.514. The lowest BCUT2D eigenvalue weighted by Gasteiger charge is -2.19. The summed E-state index contributed by atoms with van der Waals surface area (Å²) in [6, 6.07) is 17.9. The first-order chi connectivity index (χ1) is 15.9. The number of carbonyl (C=O) groups excluding carboxylic acids is 2. The minimum absolute atomic E-state index is 0.229. The highest BCUT2D eigenvalue weighted by Crippen LogP contribution is 2.33. The highest BCUT2D eigenvalue weighted by Gasteiger charge is 2.22. The van der Waals surface area contributed by atoms with Gasteiger partial charge in [-0.1, -0.05) is 53.2 Å². The van der Waals surface area contributed by atoms with Crippen molar-refractivity contribution in [2.75, 3.05) is 0 Å². The third-order valence-corrected chi connectivity index (χ3v) is 6.31. The lowest BCUT2D eigenvalue weighted by molar-refractivity contribution is -0.128. The maximum absolute atomic E-state index is 12.7. The van der Waals surface area contributed by atoms with Gasteiger partial charge in [0.15, 0.2) is 6.10 Å². The molecule has 1 unspecified atom stereocenters. The Morgan fingerprint density at radius 2 is 1.79 bits per heavy atom. The predicted molar refractivity (Wildman–Crippen MR) is 132 cm³/mol. The van der Waals surface area contributed by atoms with E-state index in [9.17, 15) is 14.4 Å². The summed E-state index contributed by atoms with van der Waals surface area (Å²) in [6.45, 7) is 1.79.